The Labute approximate surface area is 95.0 Å². The van der Waals surface area contributed by atoms with Crippen LogP contribution in [-0.4, -0.2) is 18.5 Å². The summed E-state index contributed by atoms with van der Waals surface area (Å²) < 4.78 is 12.8. The topological polar surface area (TPSA) is 46.3 Å². The summed E-state index contributed by atoms with van der Waals surface area (Å²) in [6.07, 6.45) is 0.594. The van der Waals surface area contributed by atoms with E-state index in [0.29, 0.717) is 18.7 Å². The van der Waals surface area contributed by atoms with E-state index in [0.717, 1.165) is 0 Å². The lowest BCUT2D eigenvalue weighted by Gasteiger charge is -2.23. The molecule has 0 aliphatic heterocycles. The highest BCUT2D eigenvalue weighted by molar-refractivity contribution is 5.96. The average Bonchev–Trinajstić information content (AvgIpc) is 2.31. The van der Waals surface area contributed by atoms with E-state index in [1.807, 2.05) is 13.8 Å². The molecule has 0 bridgehead atoms. The molecule has 0 radical (unpaired) electrons. The van der Waals surface area contributed by atoms with Gasteiger partial charge in [-0.15, -0.1) is 0 Å². The molecule has 4 heteroatoms. The number of hydrogen-bond acceptors (Lipinski definition) is 2. The highest BCUT2D eigenvalue weighted by atomic mass is 19.1. The van der Waals surface area contributed by atoms with E-state index in [4.69, 9.17) is 5.73 Å². The average molecular weight is 224 g/mol. The molecule has 1 aromatic carbocycles. The van der Waals surface area contributed by atoms with E-state index in [-0.39, 0.29) is 11.7 Å². The fraction of sp³-hybridized carbons (Fsp3) is 0.417. The summed E-state index contributed by atoms with van der Waals surface area (Å²) in [7, 11) is 0. The van der Waals surface area contributed by atoms with Crippen molar-refractivity contribution in [3.63, 3.8) is 0 Å². The Hall–Kier alpha value is -1.42. The first-order valence-corrected chi connectivity index (χ1v) is 5.42. The van der Waals surface area contributed by atoms with Gasteiger partial charge in [0.25, 0.3) is 0 Å². The lowest BCUT2D eigenvalue weighted by Crippen LogP contribution is -2.43. The SMILES string of the molecule is CCC(N)C(=O)N(CC)c1ccc(F)cc1. The van der Waals surface area contributed by atoms with Crippen molar-refractivity contribution in [1.82, 2.24) is 0 Å². The van der Waals surface area contributed by atoms with Crippen LogP contribution < -0.4 is 10.6 Å². The van der Waals surface area contributed by atoms with Gasteiger partial charge in [0.1, 0.15) is 5.82 Å². The normalized spacial score (nSPS) is 12.2. The number of carbonyl (C=O) groups excluding carboxylic acids is 1. The molecule has 16 heavy (non-hydrogen) atoms. The Bertz CT molecular complexity index is 351. The highest BCUT2D eigenvalue weighted by Crippen LogP contribution is 2.15. The van der Waals surface area contributed by atoms with Crippen LogP contribution >= 0.6 is 0 Å². The van der Waals surface area contributed by atoms with Gasteiger partial charge in [-0.1, -0.05) is 6.92 Å². The maximum Gasteiger partial charge on any atom is 0.243 e. The van der Waals surface area contributed by atoms with Crippen LogP contribution in [0, 0.1) is 5.82 Å². The van der Waals surface area contributed by atoms with Crippen molar-refractivity contribution in [2.24, 2.45) is 5.73 Å². The van der Waals surface area contributed by atoms with E-state index in [9.17, 15) is 9.18 Å². The minimum Gasteiger partial charge on any atom is -0.320 e. The maximum atomic E-state index is 12.8. The van der Waals surface area contributed by atoms with Crippen LogP contribution in [-0.2, 0) is 4.79 Å². The molecule has 0 saturated carbocycles. The molecule has 0 spiro atoms. The first kappa shape index (κ1) is 12.6. The van der Waals surface area contributed by atoms with Gasteiger partial charge in [-0.05, 0) is 37.6 Å². The van der Waals surface area contributed by atoms with Crippen LogP contribution in [0.25, 0.3) is 0 Å². The number of hydrogen-bond donors (Lipinski definition) is 1. The van der Waals surface area contributed by atoms with E-state index >= 15 is 0 Å². The summed E-state index contributed by atoms with van der Waals surface area (Å²) in [5.74, 6) is -0.441. The first-order chi connectivity index (χ1) is 7.60. The lowest BCUT2D eigenvalue weighted by molar-refractivity contribution is -0.119. The maximum absolute atomic E-state index is 12.8. The van der Waals surface area contributed by atoms with Gasteiger partial charge in [-0.2, -0.15) is 0 Å². The third-order valence-electron chi connectivity index (χ3n) is 2.48. The summed E-state index contributed by atoms with van der Waals surface area (Å²) in [4.78, 5) is 13.5. The van der Waals surface area contributed by atoms with Crippen LogP contribution in [0.4, 0.5) is 10.1 Å². The Kier molecular flexibility index (Phi) is 4.43. The van der Waals surface area contributed by atoms with Crippen molar-refractivity contribution >= 4 is 11.6 Å². The molecule has 0 saturated heterocycles. The molecular formula is C12H17FN2O. The van der Waals surface area contributed by atoms with Gasteiger partial charge in [0.15, 0.2) is 0 Å². The summed E-state index contributed by atoms with van der Waals surface area (Å²) >= 11 is 0. The number of amides is 1. The largest absolute Gasteiger partial charge is 0.320 e. The van der Waals surface area contributed by atoms with Crippen molar-refractivity contribution < 1.29 is 9.18 Å². The summed E-state index contributed by atoms with van der Waals surface area (Å²) in [5, 5.41) is 0. The van der Waals surface area contributed by atoms with E-state index in [1.165, 1.54) is 12.1 Å². The van der Waals surface area contributed by atoms with Crippen LogP contribution in [0.3, 0.4) is 0 Å². The predicted molar refractivity (Wildman–Crippen MR) is 62.7 cm³/mol. The molecule has 0 aliphatic carbocycles. The molecular weight excluding hydrogens is 207 g/mol. The Morgan fingerprint density at radius 1 is 1.38 bits per heavy atom. The molecule has 0 aliphatic rings. The molecule has 3 nitrogen and oxygen atoms in total. The van der Waals surface area contributed by atoms with Gasteiger partial charge in [0.2, 0.25) is 5.91 Å². The van der Waals surface area contributed by atoms with E-state index in [2.05, 4.69) is 0 Å². The standard InChI is InChI=1S/C12H17FN2O/c1-3-11(14)12(16)15(4-2)10-7-5-9(13)6-8-10/h5-8,11H,3-4,14H2,1-2H3. The molecule has 0 heterocycles. The Morgan fingerprint density at radius 3 is 2.38 bits per heavy atom. The third-order valence-corrected chi connectivity index (χ3v) is 2.48. The molecule has 2 N–H and O–H groups in total. The van der Waals surface area contributed by atoms with Crippen molar-refractivity contribution in [3.05, 3.63) is 30.1 Å². The van der Waals surface area contributed by atoms with Crippen LogP contribution in [0.2, 0.25) is 0 Å². The fourth-order valence-corrected chi connectivity index (χ4v) is 1.46. The lowest BCUT2D eigenvalue weighted by atomic mass is 10.2. The zero-order valence-electron chi connectivity index (χ0n) is 9.61. The molecule has 1 amide bonds. The molecule has 1 aromatic rings. The van der Waals surface area contributed by atoms with Crippen molar-refractivity contribution in [1.29, 1.82) is 0 Å². The number of nitrogens with zero attached hydrogens (tertiary/aromatic N) is 1. The molecule has 0 fully saturated rings. The molecule has 1 rings (SSSR count). The van der Waals surface area contributed by atoms with Crippen LogP contribution in [0.1, 0.15) is 20.3 Å². The van der Waals surface area contributed by atoms with Gasteiger partial charge < -0.3 is 10.6 Å². The second-order valence-corrected chi connectivity index (χ2v) is 3.57. The molecule has 0 aromatic heterocycles. The minimum atomic E-state index is -0.495. The molecule has 1 atom stereocenters. The Morgan fingerprint density at radius 2 is 1.94 bits per heavy atom. The number of carbonyl (C=O) groups is 1. The number of halogens is 1. The summed E-state index contributed by atoms with van der Waals surface area (Å²) in [6, 6.07) is 5.34. The number of nitrogens with two attached hydrogens (primary N) is 1. The number of likely N-dealkylation sites (N-methyl/N-ethyl adjacent to an activating group) is 1. The van der Waals surface area contributed by atoms with E-state index < -0.39 is 6.04 Å². The number of rotatable bonds is 4. The number of benzene rings is 1. The molecule has 88 valence electrons. The highest BCUT2D eigenvalue weighted by Gasteiger charge is 2.19. The zero-order chi connectivity index (χ0) is 12.1. The van der Waals surface area contributed by atoms with E-state index in [1.54, 1.807) is 17.0 Å². The smallest absolute Gasteiger partial charge is 0.243 e. The second-order valence-electron chi connectivity index (χ2n) is 3.57. The van der Waals surface area contributed by atoms with Crippen LogP contribution in [0.5, 0.6) is 0 Å². The summed E-state index contributed by atoms with van der Waals surface area (Å²) in [6.45, 7) is 4.25. The monoisotopic (exact) mass is 224 g/mol. The summed E-state index contributed by atoms with van der Waals surface area (Å²) in [5.41, 5.74) is 6.37. The van der Waals surface area contributed by atoms with Crippen molar-refractivity contribution in [2.75, 3.05) is 11.4 Å². The second kappa shape index (κ2) is 5.61. The predicted octanol–water partition coefficient (Wildman–Crippen LogP) is 1.92. The van der Waals surface area contributed by atoms with Crippen LogP contribution in [0.15, 0.2) is 24.3 Å². The number of anilines is 1. The third kappa shape index (κ3) is 2.79. The van der Waals surface area contributed by atoms with Gasteiger partial charge in [-0.25, -0.2) is 4.39 Å². The first-order valence-electron chi connectivity index (χ1n) is 5.42. The zero-order valence-corrected chi connectivity index (χ0v) is 9.61. The molecule has 1 unspecified atom stereocenters. The fourth-order valence-electron chi connectivity index (χ4n) is 1.46. The Balaban J connectivity index is 2.90. The minimum absolute atomic E-state index is 0.128. The van der Waals surface area contributed by atoms with Gasteiger partial charge in [-0.3, -0.25) is 4.79 Å². The van der Waals surface area contributed by atoms with Gasteiger partial charge in [0.05, 0.1) is 6.04 Å². The quantitative estimate of drug-likeness (QED) is 0.849. The van der Waals surface area contributed by atoms with Crippen molar-refractivity contribution in [2.45, 2.75) is 26.3 Å². The van der Waals surface area contributed by atoms with Crippen molar-refractivity contribution in [3.8, 4) is 0 Å². The van der Waals surface area contributed by atoms with Gasteiger partial charge >= 0.3 is 0 Å². The van der Waals surface area contributed by atoms with Gasteiger partial charge in [0, 0.05) is 12.2 Å².